The Morgan fingerprint density at radius 1 is 0.923 bits per heavy atom. The molecule has 0 N–H and O–H groups in total. The van der Waals surface area contributed by atoms with Gasteiger partial charge in [0.05, 0.1) is 18.2 Å². The van der Waals surface area contributed by atoms with E-state index in [4.69, 9.17) is 4.74 Å². The van der Waals surface area contributed by atoms with Crippen molar-refractivity contribution in [1.82, 2.24) is 0 Å². The Morgan fingerprint density at radius 2 is 1.58 bits per heavy atom. The summed E-state index contributed by atoms with van der Waals surface area (Å²) in [6, 6.07) is 18.3. The Hall–Kier alpha value is -2.53. The van der Waals surface area contributed by atoms with E-state index in [-0.39, 0.29) is 0 Å². The van der Waals surface area contributed by atoms with Crippen molar-refractivity contribution in [2.75, 3.05) is 6.61 Å². The van der Waals surface area contributed by atoms with Crippen molar-refractivity contribution in [3.05, 3.63) is 65.2 Å². The number of aryl methyl sites for hydroxylation is 1. The molecule has 0 heterocycles. The van der Waals surface area contributed by atoms with Gasteiger partial charge in [0.2, 0.25) is 0 Å². The van der Waals surface area contributed by atoms with Crippen molar-refractivity contribution in [1.29, 1.82) is 5.26 Å². The predicted molar refractivity (Wildman–Crippen MR) is 110 cm³/mol. The highest BCUT2D eigenvalue weighted by molar-refractivity contribution is 5.89. The van der Waals surface area contributed by atoms with E-state index >= 15 is 0 Å². The first-order chi connectivity index (χ1) is 12.7. The normalized spacial score (nSPS) is 11.2. The minimum absolute atomic E-state index is 0.672. The minimum Gasteiger partial charge on any atom is -0.494 e. The maximum absolute atomic E-state index is 9.44. The van der Waals surface area contributed by atoms with E-state index in [0.717, 1.165) is 29.9 Å². The lowest BCUT2D eigenvalue weighted by molar-refractivity contribution is 0.304. The van der Waals surface area contributed by atoms with Crippen molar-refractivity contribution >= 4 is 11.6 Å². The summed E-state index contributed by atoms with van der Waals surface area (Å²) in [7, 11) is 0. The molecular formula is C24H29NO. The molecule has 136 valence electrons. The summed E-state index contributed by atoms with van der Waals surface area (Å²) in [6.45, 7) is 5.06. The fraction of sp³-hybridized carbons (Fsp3) is 0.375. The second-order valence-corrected chi connectivity index (χ2v) is 6.72. The minimum atomic E-state index is 0.672. The van der Waals surface area contributed by atoms with E-state index in [1.807, 2.05) is 61.5 Å². The van der Waals surface area contributed by atoms with Gasteiger partial charge in [0.15, 0.2) is 0 Å². The number of hydrogen-bond donors (Lipinski definition) is 0. The Labute approximate surface area is 158 Å². The monoisotopic (exact) mass is 347 g/mol. The highest BCUT2D eigenvalue weighted by Crippen LogP contribution is 2.20. The third kappa shape index (κ3) is 6.76. The first-order valence-corrected chi connectivity index (χ1v) is 9.64. The topological polar surface area (TPSA) is 33.0 Å². The van der Waals surface area contributed by atoms with Crippen LogP contribution in [-0.4, -0.2) is 6.61 Å². The molecule has 0 aliphatic rings. The van der Waals surface area contributed by atoms with Crippen molar-refractivity contribution in [3.8, 4) is 11.8 Å². The van der Waals surface area contributed by atoms with Gasteiger partial charge in [0.1, 0.15) is 5.75 Å². The van der Waals surface area contributed by atoms with Gasteiger partial charge in [0.25, 0.3) is 0 Å². The number of nitriles is 1. The Bertz CT molecular complexity index is 720. The van der Waals surface area contributed by atoms with Gasteiger partial charge in [-0.05, 0) is 42.7 Å². The molecule has 2 aromatic rings. The molecule has 2 nitrogen and oxygen atoms in total. The number of rotatable bonds is 10. The summed E-state index contributed by atoms with van der Waals surface area (Å²) in [6.07, 6.45) is 9.52. The van der Waals surface area contributed by atoms with Crippen LogP contribution in [0.2, 0.25) is 0 Å². The van der Waals surface area contributed by atoms with Gasteiger partial charge in [-0.2, -0.15) is 5.26 Å². The zero-order valence-electron chi connectivity index (χ0n) is 16.0. The smallest absolute Gasteiger partial charge is 0.119 e. The fourth-order valence-electron chi connectivity index (χ4n) is 2.81. The van der Waals surface area contributed by atoms with Crippen LogP contribution in [-0.2, 0) is 0 Å². The summed E-state index contributed by atoms with van der Waals surface area (Å²) >= 11 is 0. The lowest BCUT2D eigenvalue weighted by Crippen LogP contribution is -1.97. The molecule has 0 atom stereocenters. The standard InChI is InChI=1S/C24H29NO/c1-3-4-5-6-7-8-17-26-24-15-11-21(12-16-24)18-23(19-25)22-13-9-20(2)10-14-22/h9-16,18H,3-8,17H2,1-2H3. The van der Waals surface area contributed by atoms with E-state index in [2.05, 4.69) is 13.0 Å². The molecule has 0 aromatic heterocycles. The Kier molecular flexibility index (Phi) is 8.49. The molecule has 2 aromatic carbocycles. The van der Waals surface area contributed by atoms with Crippen LogP contribution in [0.1, 0.15) is 62.1 Å². The third-order valence-corrected chi connectivity index (χ3v) is 4.44. The van der Waals surface area contributed by atoms with E-state index in [0.29, 0.717) is 5.57 Å². The number of unbranched alkanes of at least 4 members (excludes halogenated alkanes) is 5. The second-order valence-electron chi connectivity index (χ2n) is 6.72. The van der Waals surface area contributed by atoms with Crippen LogP contribution in [0.3, 0.4) is 0 Å². The highest BCUT2D eigenvalue weighted by Gasteiger charge is 2.01. The third-order valence-electron chi connectivity index (χ3n) is 4.44. The molecule has 0 saturated heterocycles. The average molecular weight is 348 g/mol. The molecule has 26 heavy (non-hydrogen) atoms. The molecule has 0 aliphatic heterocycles. The van der Waals surface area contributed by atoms with Crippen LogP contribution in [0, 0.1) is 18.3 Å². The van der Waals surface area contributed by atoms with Crippen LogP contribution in [0.4, 0.5) is 0 Å². The van der Waals surface area contributed by atoms with Gasteiger partial charge in [-0.25, -0.2) is 0 Å². The molecule has 0 unspecified atom stereocenters. The molecule has 0 spiro atoms. The number of hydrogen-bond acceptors (Lipinski definition) is 2. The van der Waals surface area contributed by atoms with Crippen LogP contribution in [0.25, 0.3) is 11.6 Å². The highest BCUT2D eigenvalue weighted by atomic mass is 16.5. The molecule has 0 radical (unpaired) electrons. The zero-order chi connectivity index (χ0) is 18.6. The molecule has 0 amide bonds. The first-order valence-electron chi connectivity index (χ1n) is 9.64. The lowest BCUT2D eigenvalue weighted by Gasteiger charge is -2.07. The maximum Gasteiger partial charge on any atom is 0.119 e. The zero-order valence-corrected chi connectivity index (χ0v) is 16.0. The summed E-state index contributed by atoms with van der Waals surface area (Å²) < 4.78 is 5.81. The number of allylic oxidation sites excluding steroid dienone is 1. The quantitative estimate of drug-likeness (QED) is 0.269. The molecule has 0 saturated carbocycles. The van der Waals surface area contributed by atoms with Gasteiger partial charge < -0.3 is 4.74 Å². The van der Waals surface area contributed by atoms with E-state index in [9.17, 15) is 5.26 Å². The molecule has 0 aliphatic carbocycles. The van der Waals surface area contributed by atoms with Gasteiger partial charge in [-0.1, -0.05) is 81.0 Å². The van der Waals surface area contributed by atoms with Crippen LogP contribution >= 0.6 is 0 Å². The summed E-state index contributed by atoms with van der Waals surface area (Å²) in [4.78, 5) is 0. The number of ether oxygens (including phenoxy) is 1. The predicted octanol–water partition coefficient (Wildman–Crippen LogP) is 6.80. The molecule has 0 bridgehead atoms. The van der Waals surface area contributed by atoms with Crippen molar-refractivity contribution < 1.29 is 4.74 Å². The van der Waals surface area contributed by atoms with Crippen LogP contribution < -0.4 is 4.74 Å². The number of nitrogens with zero attached hydrogens (tertiary/aromatic N) is 1. The molecule has 2 heteroatoms. The molecule has 2 rings (SSSR count). The Balaban J connectivity index is 1.86. The number of benzene rings is 2. The molecular weight excluding hydrogens is 318 g/mol. The lowest BCUT2D eigenvalue weighted by atomic mass is 10.0. The fourth-order valence-corrected chi connectivity index (χ4v) is 2.81. The van der Waals surface area contributed by atoms with Crippen molar-refractivity contribution in [2.24, 2.45) is 0 Å². The largest absolute Gasteiger partial charge is 0.494 e. The van der Waals surface area contributed by atoms with Crippen molar-refractivity contribution in [3.63, 3.8) is 0 Å². The van der Waals surface area contributed by atoms with Crippen LogP contribution in [0.5, 0.6) is 5.75 Å². The van der Waals surface area contributed by atoms with Gasteiger partial charge in [0, 0.05) is 0 Å². The first kappa shape index (κ1) is 19.8. The van der Waals surface area contributed by atoms with Crippen LogP contribution in [0.15, 0.2) is 48.5 Å². The Morgan fingerprint density at radius 3 is 2.23 bits per heavy atom. The summed E-state index contributed by atoms with van der Waals surface area (Å²) in [5, 5.41) is 9.44. The van der Waals surface area contributed by atoms with Gasteiger partial charge in [-0.15, -0.1) is 0 Å². The second kappa shape index (κ2) is 11.2. The van der Waals surface area contributed by atoms with Gasteiger partial charge in [-0.3, -0.25) is 0 Å². The summed E-state index contributed by atoms with van der Waals surface area (Å²) in [5.41, 5.74) is 3.82. The molecule has 0 fully saturated rings. The van der Waals surface area contributed by atoms with Crippen molar-refractivity contribution in [2.45, 2.75) is 52.4 Å². The van der Waals surface area contributed by atoms with E-state index in [1.165, 1.54) is 37.7 Å². The summed E-state index contributed by atoms with van der Waals surface area (Å²) in [5.74, 6) is 0.893. The maximum atomic E-state index is 9.44. The van der Waals surface area contributed by atoms with E-state index in [1.54, 1.807) is 0 Å². The van der Waals surface area contributed by atoms with E-state index < -0.39 is 0 Å². The SMILES string of the molecule is CCCCCCCCOc1ccc(C=C(C#N)c2ccc(C)cc2)cc1. The average Bonchev–Trinajstić information content (AvgIpc) is 2.67. The van der Waals surface area contributed by atoms with Gasteiger partial charge >= 0.3 is 0 Å².